The molecule has 0 fully saturated rings. The van der Waals surface area contributed by atoms with Gasteiger partial charge >= 0.3 is 23.9 Å². The number of aliphatic hydroxyl groups is 1. The number of hydrogen-bond acceptors (Lipinski definition) is 12. The van der Waals surface area contributed by atoms with E-state index >= 15 is 0 Å². The van der Waals surface area contributed by atoms with Gasteiger partial charge in [0, 0.05) is 30.4 Å². The Labute approximate surface area is 325 Å². The molecule has 2 atom stereocenters. The second-order valence-corrected chi connectivity index (χ2v) is 13.3. The Hall–Kier alpha value is -4.93. The maximum absolute atomic E-state index is 14.4. The molecule has 310 valence electrons. The SMILES string of the molecule is CCCCCCCC(=O)OCC(COC(=O)CCCCCCC)OC(=O)CCC(=O)O.C[C@@H](c1ncncc1F)[C@](O)(Cn1cncn1)c1ccc(F)cc1F. The van der Waals surface area contributed by atoms with Crippen molar-refractivity contribution in [3.63, 3.8) is 0 Å². The number of aromatic nitrogens is 5. The van der Waals surface area contributed by atoms with Gasteiger partial charge in [0.15, 0.2) is 11.9 Å². The first kappa shape index (κ1) is 47.2. The fraction of sp³-hybridized carbons (Fsp3) is 0.590. The lowest BCUT2D eigenvalue weighted by atomic mass is 9.79. The number of halogens is 3. The second-order valence-electron chi connectivity index (χ2n) is 13.3. The molecule has 0 saturated carbocycles. The molecule has 0 saturated heterocycles. The predicted octanol–water partition coefficient (Wildman–Crippen LogP) is 6.75. The number of carboxylic acid groups (broad SMARTS) is 1. The standard InChI is InChI=1S/C23H40O8.C16H14F3N5O/c1-3-5-7-9-11-13-21(26)29-17-19(31-23(28)16-15-20(24)25)18-30-22(27)14-12-10-8-6-4-2;1-10(15-14(19)5-20-7-22-15)16(25,6-24-9-21-8-23-24)12-3-2-11(17)4-13(12)18/h19H,3-18H2,1-2H3,(H,24,25);2-5,7-10,25H,6H2,1H3/t;10-,16+/m.0/s1. The van der Waals surface area contributed by atoms with E-state index < -0.39 is 59.0 Å². The third kappa shape index (κ3) is 17.7. The normalized spacial score (nSPS) is 12.6. The molecule has 3 rings (SSSR count). The van der Waals surface area contributed by atoms with Crippen LogP contribution in [0.25, 0.3) is 0 Å². The van der Waals surface area contributed by atoms with E-state index in [1.807, 2.05) is 0 Å². The molecule has 0 amide bonds. The van der Waals surface area contributed by atoms with E-state index in [0.29, 0.717) is 6.07 Å². The zero-order chi connectivity index (χ0) is 41.3. The van der Waals surface area contributed by atoms with Crippen molar-refractivity contribution in [3.05, 3.63) is 72.1 Å². The van der Waals surface area contributed by atoms with E-state index in [0.717, 1.165) is 88.9 Å². The number of hydrogen-bond donors (Lipinski definition) is 2. The van der Waals surface area contributed by atoms with Crippen LogP contribution in [0.1, 0.15) is 128 Å². The quantitative estimate of drug-likeness (QED) is 0.0521. The Kier molecular flexibility index (Phi) is 21.9. The third-order valence-corrected chi connectivity index (χ3v) is 8.76. The first-order valence-corrected chi connectivity index (χ1v) is 19.0. The second kappa shape index (κ2) is 26.0. The summed E-state index contributed by atoms with van der Waals surface area (Å²) < 4.78 is 58.5. The average molecular weight is 794 g/mol. The van der Waals surface area contributed by atoms with Gasteiger partial charge in [0.2, 0.25) is 0 Å². The van der Waals surface area contributed by atoms with Crippen molar-refractivity contribution in [2.24, 2.45) is 0 Å². The lowest BCUT2D eigenvalue weighted by molar-refractivity contribution is -0.167. The molecule has 2 aromatic heterocycles. The van der Waals surface area contributed by atoms with Crippen molar-refractivity contribution in [2.75, 3.05) is 13.2 Å². The van der Waals surface area contributed by atoms with Gasteiger partial charge in [0.05, 0.1) is 31.3 Å². The molecule has 0 aliphatic carbocycles. The van der Waals surface area contributed by atoms with Crippen LogP contribution in [0, 0.1) is 17.5 Å². The summed E-state index contributed by atoms with van der Waals surface area (Å²) >= 11 is 0. The van der Waals surface area contributed by atoms with Gasteiger partial charge in [-0.15, -0.1) is 0 Å². The number of carboxylic acids is 1. The molecule has 0 aliphatic heterocycles. The highest BCUT2D eigenvalue weighted by atomic mass is 19.1. The van der Waals surface area contributed by atoms with Crippen molar-refractivity contribution in [3.8, 4) is 0 Å². The molecule has 56 heavy (non-hydrogen) atoms. The van der Waals surface area contributed by atoms with Crippen LogP contribution in [0.3, 0.4) is 0 Å². The zero-order valence-electron chi connectivity index (χ0n) is 32.3. The molecule has 0 spiro atoms. The van der Waals surface area contributed by atoms with Gasteiger partial charge in [-0.1, -0.05) is 78.2 Å². The Bertz CT molecular complexity index is 1600. The van der Waals surface area contributed by atoms with E-state index in [4.69, 9.17) is 19.3 Å². The largest absolute Gasteiger partial charge is 0.481 e. The van der Waals surface area contributed by atoms with E-state index in [2.05, 4.69) is 33.9 Å². The summed E-state index contributed by atoms with van der Waals surface area (Å²) in [6.07, 6.45) is 13.6. The van der Waals surface area contributed by atoms with Crippen LogP contribution in [-0.2, 0) is 45.5 Å². The van der Waals surface area contributed by atoms with E-state index in [9.17, 15) is 37.5 Å². The van der Waals surface area contributed by atoms with Crippen LogP contribution < -0.4 is 0 Å². The fourth-order valence-electron chi connectivity index (χ4n) is 5.56. The summed E-state index contributed by atoms with van der Waals surface area (Å²) in [7, 11) is 0. The van der Waals surface area contributed by atoms with Crippen LogP contribution >= 0.6 is 0 Å². The van der Waals surface area contributed by atoms with Crippen LogP contribution in [-0.4, -0.2) is 78.1 Å². The number of carbonyl (C=O) groups is 4. The predicted molar refractivity (Wildman–Crippen MR) is 196 cm³/mol. The molecule has 0 radical (unpaired) electrons. The first-order chi connectivity index (χ1) is 26.8. The highest BCUT2D eigenvalue weighted by molar-refractivity contribution is 5.76. The zero-order valence-corrected chi connectivity index (χ0v) is 32.3. The topological polar surface area (TPSA) is 193 Å². The van der Waals surface area contributed by atoms with Gasteiger partial charge in [-0.25, -0.2) is 32.8 Å². The molecule has 17 heteroatoms. The number of carbonyl (C=O) groups excluding carboxylic acids is 3. The van der Waals surface area contributed by atoms with Gasteiger partial charge in [0.1, 0.15) is 49.4 Å². The Morgan fingerprint density at radius 3 is 1.91 bits per heavy atom. The molecular weight excluding hydrogens is 739 g/mol. The lowest BCUT2D eigenvalue weighted by Crippen LogP contribution is -2.39. The number of rotatable bonds is 25. The summed E-state index contributed by atoms with van der Waals surface area (Å²) in [6, 6.07) is 2.80. The number of aliphatic carboxylic acids is 1. The lowest BCUT2D eigenvalue weighted by Gasteiger charge is -2.34. The Balaban J connectivity index is 0.000000393. The highest BCUT2D eigenvalue weighted by Gasteiger charge is 2.41. The highest BCUT2D eigenvalue weighted by Crippen LogP contribution is 2.39. The minimum absolute atomic E-state index is 0.0960. The minimum atomic E-state index is -1.96. The van der Waals surface area contributed by atoms with Crippen LogP contribution in [0.5, 0.6) is 0 Å². The van der Waals surface area contributed by atoms with Gasteiger partial charge in [0.25, 0.3) is 0 Å². The number of ether oxygens (including phenoxy) is 3. The maximum Gasteiger partial charge on any atom is 0.306 e. The van der Waals surface area contributed by atoms with E-state index in [1.165, 1.54) is 24.3 Å². The first-order valence-electron chi connectivity index (χ1n) is 19.0. The van der Waals surface area contributed by atoms with Crippen molar-refractivity contribution in [2.45, 2.75) is 135 Å². The molecule has 1 aromatic carbocycles. The van der Waals surface area contributed by atoms with Crippen molar-refractivity contribution in [1.82, 2.24) is 24.7 Å². The number of esters is 3. The maximum atomic E-state index is 14.4. The molecular formula is C39H54F3N5O9. The molecule has 2 N–H and O–H groups in total. The van der Waals surface area contributed by atoms with Crippen molar-refractivity contribution >= 4 is 23.9 Å². The van der Waals surface area contributed by atoms with Crippen molar-refractivity contribution in [1.29, 1.82) is 0 Å². The molecule has 0 bridgehead atoms. The van der Waals surface area contributed by atoms with Crippen molar-refractivity contribution < 1.29 is 56.8 Å². The van der Waals surface area contributed by atoms with Gasteiger partial charge in [-0.05, 0) is 18.9 Å². The Morgan fingerprint density at radius 2 is 1.39 bits per heavy atom. The molecule has 0 aliphatic rings. The number of unbranched alkanes of at least 4 members (excludes halogenated alkanes) is 8. The smallest absolute Gasteiger partial charge is 0.306 e. The van der Waals surface area contributed by atoms with Gasteiger partial charge < -0.3 is 24.4 Å². The summed E-state index contributed by atoms with van der Waals surface area (Å²) in [5.74, 6) is -6.12. The number of nitrogens with zero attached hydrogens (tertiary/aromatic N) is 5. The Morgan fingerprint density at radius 1 is 0.786 bits per heavy atom. The monoisotopic (exact) mass is 793 g/mol. The summed E-state index contributed by atoms with van der Waals surface area (Å²) in [4.78, 5) is 57.4. The van der Waals surface area contributed by atoms with Crippen LogP contribution in [0.2, 0.25) is 0 Å². The minimum Gasteiger partial charge on any atom is -0.481 e. The van der Waals surface area contributed by atoms with Gasteiger partial charge in [-0.2, -0.15) is 5.10 Å². The summed E-state index contributed by atoms with van der Waals surface area (Å²) in [5, 5.41) is 23.9. The molecule has 0 unspecified atom stereocenters. The fourth-order valence-corrected chi connectivity index (χ4v) is 5.56. The van der Waals surface area contributed by atoms with Crippen LogP contribution in [0.15, 0.2) is 43.4 Å². The van der Waals surface area contributed by atoms with Crippen LogP contribution in [0.4, 0.5) is 13.2 Å². The number of benzene rings is 1. The van der Waals surface area contributed by atoms with Gasteiger partial charge in [-0.3, -0.25) is 19.2 Å². The molecule has 3 aromatic rings. The molecule has 14 nitrogen and oxygen atoms in total. The summed E-state index contributed by atoms with van der Waals surface area (Å²) in [6.45, 7) is 5.04. The average Bonchev–Trinajstić information content (AvgIpc) is 3.67. The van der Waals surface area contributed by atoms with E-state index in [-0.39, 0.29) is 56.7 Å². The third-order valence-electron chi connectivity index (χ3n) is 8.76. The van der Waals surface area contributed by atoms with E-state index in [1.54, 1.807) is 0 Å². The summed E-state index contributed by atoms with van der Waals surface area (Å²) in [5.41, 5.74) is -2.25. The molecule has 2 heterocycles.